The van der Waals surface area contributed by atoms with E-state index in [1.807, 2.05) is 34.1 Å². The fourth-order valence-corrected chi connectivity index (χ4v) is 4.29. The fraction of sp³-hybridized carbons (Fsp3) is 0.556. The van der Waals surface area contributed by atoms with Gasteiger partial charge in [-0.15, -0.1) is 0 Å². The number of hydrogen-bond donors (Lipinski definition) is 1. The van der Waals surface area contributed by atoms with Gasteiger partial charge in [0.15, 0.2) is 0 Å². The first-order chi connectivity index (χ1) is 11.4. The predicted octanol–water partition coefficient (Wildman–Crippen LogP) is 2.14. The van der Waals surface area contributed by atoms with Crippen LogP contribution in [0.4, 0.5) is 0 Å². The van der Waals surface area contributed by atoms with Crippen LogP contribution in [0.2, 0.25) is 0 Å². The van der Waals surface area contributed by atoms with Gasteiger partial charge in [0.2, 0.25) is 5.91 Å². The molecule has 2 aliphatic heterocycles. The summed E-state index contributed by atoms with van der Waals surface area (Å²) in [6, 6.07) is 7.42. The quantitative estimate of drug-likeness (QED) is 0.835. The largest absolute Gasteiger partial charge is 0.396 e. The fourth-order valence-electron chi connectivity index (χ4n) is 4.02. The highest BCUT2D eigenvalue weighted by Gasteiger charge is 2.48. The van der Waals surface area contributed by atoms with E-state index < -0.39 is 0 Å². The number of carbonyl (C=O) groups is 2. The number of nitrogens with zero attached hydrogens (tertiary/aromatic N) is 2. The molecule has 1 N–H and O–H groups in total. The highest BCUT2D eigenvalue weighted by molar-refractivity contribution is 9.10. The lowest BCUT2D eigenvalue weighted by Crippen LogP contribution is -2.47. The van der Waals surface area contributed by atoms with Crippen LogP contribution in [-0.2, 0) is 4.79 Å². The lowest BCUT2D eigenvalue weighted by atomic mass is 9.71. The smallest absolute Gasteiger partial charge is 0.253 e. The van der Waals surface area contributed by atoms with E-state index in [9.17, 15) is 14.7 Å². The Kier molecular flexibility index (Phi) is 4.97. The van der Waals surface area contributed by atoms with Crippen LogP contribution in [0.1, 0.15) is 30.1 Å². The molecule has 5 nitrogen and oxygen atoms in total. The summed E-state index contributed by atoms with van der Waals surface area (Å²) in [6.07, 6.45) is 1.68. The maximum absolute atomic E-state index is 12.6. The van der Waals surface area contributed by atoms with Crippen LogP contribution in [-0.4, -0.2) is 59.5 Å². The summed E-state index contributed by atoms with van der Waals surface area (Å²) in [5.41, 5.74) is 0.654. The van der Waals surface area contributed by atoms with Gasteiger partial charge < -0.3 is 14.9 Å². The van der Waals surface area contributed by atoms with Crippen LogP contribution >= 0.6 is 15.9 Å². The van der Waals surface area contributed by atoms with Crippen molar-refractivity contribution in [1.29, 1.82) is 0 Å². The molecule has 6 heteroatoms. The first-order valence-corrected chi connectivity index (χ1v) is 9.16. The molecule has 2 saturated heterocycles. The number of benzene rings is 1. The molecule has 0 bridgehead atoms. The third-order valence-electron chi connectivity index (χ3n) is 5.62. The average Bonchev–Trinajstić information content (AvgIpc) is 2.94. The molecule has 0 aliphatic carbocycles. The Morgan fingerprint density at radius 3 is 2.38 bits per heavy atom. The van der Waals surface area contributed by atoms with Gasteiger partial charge in [-0.3, -0.25) is 9.59 Å². The lowest BCUT2D eigenvalue weighted by molar-refractivity contribution is -0.128. The summed E-state index contributed by atoms with van der Waals surface area (Å²) in [6.45, 7) is 4.37. The number of piperidine rings is 1. The second-order valence-corrected chi connectivity index (χ2v) is 7.86. The van der Waals surface area contributed by atoms with Crippen molar-refractivity contribution in [1.82, 2.24) is 9.80 Å². The van der Waals surface area contributed by atoms with Gasteiger partial charge in [-0.1, -0.05) is 15.9 Å². The number of amides is 2. The van der Waals surface area contributed by atoms with E-state index in [1.165, 1.54) is 0 Å². The van der Waals surface area contributed by atoms with E-state index >= 15 is 0 Å². The van der Waals surface area contributed by atoms with E-state index in [4.69, 9.17) is 0 Å². The molecule has 2 amide bonds. The molecule has 2 fully saturated rings. The molecule has 1 unspecified atom stereocenters. The van der Waals surface area contributed by atoms with Crippen LogP contribution in [0.25, 0.3) is 0 Å². The molecule has 1 aromatic rings. The molecular formula is C18H23BrN2O3. The Bertz CT molecular complexity index is 624. The zero-order valence-electron chi connectivity index (χ0n) is 13.9. The van der Waals surface area contributed by atoms with Crippen LogP contribution < -0.4 is 0 Å². The number of hydrogen-bond acceptors (Lipinski definition) is 3. The van der Waals surface area contributed by atoms with E-state index in [0.717, 1.165) is 17.3 Å². The predicted molar refractivity (Wildman–Crippen MR) is 94.5 cm³/mol. The van der Waals surface area contributed by atoms with Crippen molar-refractivity contribution in [2.24, 2.45) is 11.3 Å². The molecule has 2 heterocycles. The Morgan fingerprint density at radius 2 is 1.83 bits per heavy atom. The number of halogens is 1. The van der Waals surface area contributed by atoms with E-state index in [1.54, 1.807) is 6.92 Å². The standard InChI is InChI=1S/C18H23BrN2O3/c1-13(23)21-10-15(11-22)18(12-21)6-8-20(9-7-18)17(24)14-2-4-16(19)5-3-14/h2-5,15,22H,6-12H2,1H3. The van der Waals surface area contributed by atoms with E-state index in [-0.39, 0.29) is 29.8 Å². The maximum Gasteiger partial charge on any atom is 0.253 e. The third kappa shape index (κ3) is 3.22. The maximum atomic E-state index is 12.6. The van der Waals surface area contributed by atoms with Crippen LogP contribution in [0.3, 0.4) is 0 Å². The summed E-state index contributed by atoms with van der Waals surface area (Å²) in [5.74, 6) is 0.240. The zero-order chi connectivity index (χ0) is 17.3. The molecule has 1 aromatic carbocycles. The molecule has 0 aromatic heterocycles. The molecule has 1 atom stereocenters. The number of likely N-dealkylation sites (tertiary alicyclic amines) is 2. The van der Waals surface area contributed by atoms with Crippen molar-refractivity contribution in [3.05, 3.63) is 34.3 Å². The summed E-state index contributed by atoms with van der Waals surface area (Å²) in [4.78, 5) is 28.1. The van der Waals surface area contributed by atoms with Crippen molar-refractivity contribution in [2.45, 2.75) is 19.8 Å². The monoisotopic (exact) mass is 394 g/mol. The minimum Gasteiger partial charge on any atom is -0.396 e. The molecule has 1 spiro atoms. The minimum atomic E-state index is -0.0447. The average molecular weight is 395 g/mol. The van der Waals surface area contributed by atoms with Gasteiger partial charge in [0.05, 0.1) is 0 Å². The molecular weight excluding hydrogens is 372 g/mol. The summed E-state index contributed by atoms with van der Waals surface area (Å²) in [7, 11) is 0. The van der Waals surface area contributed by atoms with Crippen molar-refractivity contribution in [3.8, 4) is 0 Å². The molecule has 24 heavy (non-hydrogen) atoms. The SMILES string of the molecule is CC(=O)N1CC(CO)C2(CCN(C(=O)c3ccc(Br)cc3)CC2)C1. The van der Waals surface area contributed by atoms with Gasteiger partial charge in [-0.2, -0.15) is 0 Å². The van der Waals surface area contributed by atoms with Crippen LogP contribution in [0.5, 0.6) is 0 Å². The zero-order valence-corrected chi connectivity index (χ0v) is 15.5. The molecule has 2 aliphatic rings. The number of aliphatic hydroxyl groups excluding tert-OH is 1. The second-order valence-electron chi connectivity index (χ2n) is 6.94. The van der Waals surface area contributed by atoms with E-state index in [0.29, 0.717) is 31.7 Å². The molecule has 0 saturated carbocycles. The van der Waals surface area contributed by atoms with Gasteiger partial charge >= 0.3 is 0 Å². The van der Waals surface area contributed by atoms with Gasteiger partial charge in [-0.05, 0) is 42.5 Å². The Balaban J connectivity index is 1.67. The van der Waals surface area contributed by atoms with Crippen LogP contribution in [0.15, 0.2) is 28.7 Å². The van der Waals surface area contributed by atoms with E-state index in [2.05, 4.69) is 15.9 Å². The second kappa shape index (κ2) is 6.84. The number of aliphatic hydroxyl groups is 1. The Hall–Kier alpha value is -1.40. The molecule has 130 valence electrons. The summed E-state index contributed by atoms with van der Waals surface area (Å²) >= 11 is 3.38. The first kappa shape index (κ1) is 17.4. The van der Waals surface area contributed by atoms with Crippen molar-refractivity contribution < 1.29 is 14.7 Å². The lowest BCUT2D eigenvalue weighted by Gasteiger charge is -2.42. The summed E-state index contributed by atoms with van der Waals surface area (Å²) in [5, 5.41) is 9.74. The van der Waals surface area contributed by atoms with Crippen molar-refractivity contribution in [3.63, 3.8) is 0 Å². The normalized spacial score (nSPS) is 22.9. The number of carbonyl (C=O) groups excluding carboxylic acids is 2. The first-order valence-electron chi connectivity index (χ1n) is 8.36. The van der Waals surface area contributed by atoms with Gasteiger partial charge in [0.25, 0.3) is 5.91 Å². The van der Waals surface area contributed by atoms with Crippen LogP contribution in [0, 0.1) is 11.3 Å². The summed E-state index contributed by atoms with van der Waals surface area (Å²) < 4.78 is 0.956. The van der Waals surface area contributed by atoms with Gasteiger partial charge in [0, 0.05) is 55.7 Å². The minimum absolute atomic E-state index is 0.0447. The highest BCUT2D eigenvalue weighted by Crippen LogP contribution is 2.44. The topological polar surface area (TPSA) is 60.9 Å². The Morgan fingerprint density at radius 1 is 1.21 bits per heavy atom. The van der Waals surface area contributed by atoms with Gasteiger partial charge in [0.1, 0.15) is 0 Å². The molecule has 3 rings (SSSR count). The third-order valence-corrected chi connectivity index (χ3v) is 6.14. The Labute approximate surface area is 150 Å². The number of rotatable bonds is 2. The van der Waals surface area contributed by atoms with Gasteiger partial charge in [-0.25, -0.2) is 0 Å². The van der Waals surface area contributed by atoms with Crippen molar-refractivity contribution >= 4 is 27.7 Å². The van der Waals surface area contributed by atoms with Crippen molar-refractivity contribution in [2.75, 3.05) is 32.8 Å². The highest BCUT2D eigenvalue weighted by atomic mass is 79.9. The molecule has 0 radical (unpaired) electrons.